The van der Waals surface area contributed by atoms with Crippen molar-refractivity contribution in [2.24, 2.45) is 16.1 Å². The SMILES string of the molecule is Cc1cccc(N=C2CC(C)(CO)CC/C2=C(/N)CNC(=O)N(CCC(F)(F)F)C(=N)c2ccc(Cl)cc2)c1. The molecule has 0 aliphatic heterocycles. The van der Waals surface area contributed by atoms with Crippen LogP contribution in [0.15, 0.2) is 64.8 Å². The number of amidine groups is 1. The molecule has 0 radical (unpaired) electrons. The lowest BCUT2D eigenvalue weighted by Gasteiger charge is -2.34. The van der Waals surface area contributed by atoms with Gasteiger partial charge in [0.2, 0.25) is 0 Å². The number of aryl methyl sites for hydroxylation is 1. The van der Waals surface area contributed by atoms with Gasteiger partial charge in [0.05, 0.1) is 18.7 Å². The third kappa shape index (κ3) is 8.56. The number of halogens is 4. The van der Waals surface area contributed by atoms with Crippen LogP contribution in [0.3, 0.4) is 0 Å². The summed E-state index contributed by atoms with van der Waals surface area (Å²) >= 11 is 5.88. The molecule has 3 rings (SSSR count). The number of carbonyl (C=O) groups is 1. The molecule has 0 heterocycles. The van der Waals surface area contributed by atoms with Crippen LogP contribution in [-0.2, 0) is 0 Å². The summed E-state index contributed by atoms with van der Waals surface area (Å²) in [6.07, 6.45) is -4.15. The summed E-state index contributed by atoms with van der Waals surface area (Å²) in [6, 6.07) is 12.7. The lowest BCUT2D eigenvalue weighted by molar-refractivity contribution is -0.135. The fourth-order valence-corrected chi connectivity index (χ4v) is 4.43. The second-order valence-electron chi connectivity index (χ2n) is 10.1. The molecule has 11 heteroatoms. The summed E-state index contributed by atoms with van der Waals surface area (Å²) in [5.41, 5.74) is 9.78. The van der Waals surface area contributed by atoms with Crippen LogP contribution >= 0.6 is 11.6 Å². The zero-order valence-corrected chi connectivity index (χ0v) is 22.7. The predicted molar refractivity (Wildman–Crippen MR) is 148 cm³/mol. The number of urea groups is 1. The van der Waals surface area contributed by atoms with Crippen molar-refractivity contribution < 1.29 is 23.1 Å². The predicted octanol–water partition coefficient (Wildman–Crippen LogP) is 6.11. The van der Waals surface area contributed by atoms with E-state index in [4.69, 9.17) is 27.7 Å². The first-order valence-electron chi connectivity index (χ1n) is 12.5. The highest BCUT2D eigenvalue weighted by molar-refractivity contribution is 6.30. The molecule has 1 unspecified atom stereocenters. The summed E-state index contributed by atoms with van der Waals surface area (Å²) in [5, 5.41) is 21.3. The van der Waals surface area contributed by atoms with Crippen LogP contribution in [-0.4, -0.2) is 53.5 Å². The van der Waals surface area contributed by atoms with E-state index in [1.807, 2.05) is 38.1 Å². The fourth-order valence-electron chi connectivity index (χ4n) is 4.30. The van der Waals surface area contributed by atoms with E-state index in [2.05, 4.69) is 5.32 Å². The average molecular weight is 564 g/mol. The van der Waals surface area contributed by atoms with Gasteiger partial charge in [0.1, 0.15) is 5.84 Å². The monoisotopic (exact) mass is 563 g/mol. The van der Waals surface area contributed by atoms with Gasteiger partial charge in [-0.15, -0.1) is 0 Å². The van der Waals surface area contributed by atoms with Gasteiger partial charge in [-0.3, -0.25) is 15.3 Å². The maximum Gasteiger partial charge on any atom is 0.390 e. The van der Waals surface area contributed by atoms with Gasteiger partial charge in [0, 0.05) is 35.1 Å². The van der Waals surface area contributed by atoms with E-state index < -0.39 is 31.0 Å². The van der Waals surface area contributed by atoms with Crippen molar-refractivity contribution >= 4 is 34.9 Å². The van der Waals surface area contributed by atoms with Crippen molar-refractivity contribution in [3.8, 4) is 0 Å². The van der Waals surface area contributed by atoms with Crippen molar-refractivity contribution in [3.63, 3.8) is 0 Å². The van der Waals surface area contributed by atoms with Gasteiger partial charge in [-0.2, -0.15) is 13.2 Å². The van der Waals surface area contributed by atoms with Gasteiger partial charge in [-0.1, -0.05) is 30.7 Å². The highest BCUT2D eigenvalue weighted by Gasteiger charge is 2.34. The van der Waals surface area contributed by atoms with Gasteiger partial charge in [0.15, 0.2) is 0 Å². The Hall–Kier alpha value is -3.37. The van der Waals surface area contributed by atoms with E-state index in [0.29, 0.717) is 35.7 Å². The standard InChI is InChI=1S/C28H33ClF3N5O2/c1-18-4-3-5-21(14-18)36-24-15-27(2,17-38)11-10-22(24)23(33)16-35-26(39)37(13-12-28(30,31)32)25(34)19-6-8-20(29)9-7-19/h3-9,14,34,38H,10-13,15-17,33H2,1-2H3,(H,35,39)/b23-22-,34-25?,36-24?. The molecule has 1 aliphatic carbocycles. The molecule has 0 aromatic heterocycles. The molecular weight excluding hydrogens is 531 g/mol. The minimum Gasteiger partial charge on any atom is -0.400 e. The minimum atomic E-state index is -4.51. The molecule has 5 N–H and O–H groups in total. The number of aliphatic hydroxyl groups excluding tert-OH is 1. The van der Waals surface area contributed by atoms with Crippen LogP contribution in [0.1, 0.15) is 43.7 Å². The fraction of sp³-hybridized carbons (Fsp3) is 0.393. The van der Waals surface area contributed by atoms with Crippen LogP contribution in [0, 0.1) is 17.7 Å². The average Bonchev–Trinajstić information content (AvgIpc) is 2.87. The number of hydrogen-bond donors (Lipinski definition) is 4. The van der Waals surface area contributed by atoms with Crippen molar-refractivity contribution in [2.45, 2.75) is 45.7 Å². The Morgan fingerprint density at radius 1 is 1.26 bits per heavy atom. The zero-order chi connectivity index (χ0) is 28.8. The number of hydrogen-bond acceptors (Lipinski definition) is 5. The third-order valence-corrected chi connectivity index (χ3v) is 6.89. The Balaban J connectivity index is 1.84. The van der Waals surface area contributed by atoms with Crippen LogP contribution in [0.2, 0.25) is 5.02 Å². The second kappa shape index (κ2) is 12.7. The molecule has 1 aliphatic rings. The van der Waals surface area contributed by atoms with Gasteiger partial charge >= 0.3 is 12.2 Å². The highest BCUT2D eigenvalue weighted by atomic mass is 35.5. The summed E-state index contributed by atoms with van der Waals surface area (Å²) in [7, 11) is 0. The number of nitrogens with two attached hydrogens (primary N) is 1. The summed E-state index contributed by atoms with van der Waals surface area (Å²) in [4.78, 5) is 18.6. The Kier molecular flexibility index (Phi) is 9.79. The molecule has 210 valence electrons. The molecule has 2 aromatic rings. The summed E-state index contributed by atoms with van der Waals surface area (Å²) < 4.78 is 39.0. The lowest BCUT2D eigenvalue weighted by atomic mass is 9.73. The summed E-state index contributed by atoms with van der Waals surface area (Å²) in [5.74, 6) is -0.391. The Morgan fingerprint density at radius 3 is 2.56 bits per heavy atom. The first kappa shape index (κ1) is 30.2. The van der Waals surface area contributed by atoms with Crippen molar-refractivity contribution in [1.82, 2.24) is 10.2 Å². The van der Waals surface area contributed by atoms with Crippen molar-refractivity contribution in [1.29, 1.82) is 5.41 Å². The number of nitrogens with zero attached hydrogens (tertiary/aromatic N) is 2. The number of nitrogens with one attached hydrogen (secondary N) is 2. The first-order chi connectivity index (χ1) is 18.3. The topological polar surface area (TPSA) is 115 Å². The maximum atomic E-state index is 13.0. The lowest BCUT2D eigenvalue weighted by Crippen LogP contribution is -2.46. The largest absolute Gasteiger partial charge is 0.400 e. The number of aliphatic imine (C=N–C) groups is 1. The maximum absolute atomic E-state index is 13.0. The number of carbonyl (C=O) groups excluding carboxylic acids is 1. The molecule has 0 saturated heterocycles. The highest BCUT2D eigenvalue weighted by Crippen LogP contribution is 2.38. The Bertz CT molecular complexity index is 1260. The molecule has 1 atom stereocenters. The van der Waals surface area contributed by atoms with E-state index in [1.165, 1.54) is 24.3 Å². The molecular formula is C28H33ClF3N5O2. The van der Waals surface area contributed by atoms with Gasteiger partial charge < -0.3 is 16.2 Å². The van der Waals surface area contributed by atoms with E-state index in [0.717, 1.165) is 21.7 Å². The number of aliphatic hydroxyl groups is 1. The van der Waals surface area contributed by atoms with E-state index in [1.54, 1.807) is 0 Å². The molecule has 2 aromatic carbocycles. The van der Waals surface area contributed by atoms with Crippen LogP contribution in [0.4, 0.5) is 23.7 Å². The second-order valence-corrected chi connectivity index (χ2v) is 10.5. The molecule has 1 fully saturated rings. The van der Waals surface area contributed by atoms with Crippen molar-refractivity contribution in [2.75, 3.05) is 19.7 Å². The molecule has 0 bridgehead atoms. The zero-order valence-electron chi connectivity index (χ0n) is 21.9. The van der Waals surface area contributed by atoms with Crippen LogP contribution < -0.4 is 11.1 Å². The number of rotatable bonds is 7. The first-order valence-corrected chi connectivity index (χ1v) is 12.9. The van der Waals surface area contributed by atoms with Gasteiger partial charge in [0.25, 0.3) is 0 Å². The number of alkyl halides is 3. The summed E-state index contributed by atoms with van der Waals surface area (Å²) in [6.45, 7) is 3.02. The normalized spacial score (nSPS) is 20.0. The minimum absolute atomic E-state index is 0.0231. The third-order valence-electron chi connectivity index (χ3n) is 6.64. The molecule has 39 heavy (non-hydrogen) atoms. The van der Waals surface area contributed by atoms with E-state index >= 15 is 0 Å². The Morgan fingerprint density at radius 2 is 1.95 bits per heavy atom. The van der Waals surface area contributed by atoms with Crippen molar-refractivity contribution in [3.05, 3.63) is 76.0 Å². The Labute approximate surface area is 231 Å². The van der Waals surface area contributed by atoms with Gasteiger partial charge in [-0.25, -0.2) is 4.79 Å². The van der Waals surface area contributed by atoms with E-state index in [9.17, 15) is 23.1 Å². The molecule has 1 saturated carbocycles. The molecule has 7 nitrogen and oxygen atoms in total. The number of allylic oxidation sites excluding steroid dienone is 1. The van der Waals surface area contributed by atoms with Crippen LogP contribution in [0.25, 0.3) is 0 Å². The smallest absolute Gasteiger partial charge is 0.390 e. The van der Waals surface area contributed by atoms with Gasteiger partial charge in [-0.05, 0) is 79.1 Å². The number of amides is 2. The molecule has 0 spiro atoms. The number of benzene rings is 2. The van der Waals surface area contributed by atoms with Crippen LogP contribution in [0.5, 0.6) is 0 Å². The van der Waals surface area contributed by atoms with E-state index in [-0.39, 0.29) is 24.1 Å². The molecule has 2 amide bonds. The quantitative estimate of drug-likeness (QED) is 0.241.